The molecule has 20 heavy (non-hydrogen) atoms. The highest BCUT2D eigenvalue weighted by molar-refractivity contribution is 14.1. The minimum atomic E-state index is -0.673. The van der Waals surface area contributed by atoms with E-state index >= 15 is 0 Å². The van der Waals surface area contributed by atoms with E-state index < -0.39 is 5.82 Å². The highest BCUT2D eigenvalue weighted by Crippen LogP contribution is 2.26. The number of phenols is 1. The van der Waals surface area contributed by atoms with Crippen LogP contribution in [0.15, 0.2) is 18.2 Å². The summed E-state index contributed by atoms with van der Waals surface area (Å²) in [5.74, 6) is 0.162. The molecule has 2 rings (SSSR count). The zero-order chi connectivity index (χ0) is 14.7. The fourth-order valence-corrected chi connectivity index (χ4v) is 2.60. The third-order valence-corrected chi connectivity index (χ3v) is 3.94. The van der Waals surface area contributed by atoms with Gasteiger partial charge in [0.2, 0.25) is 0 Å². The fourth-order valence-electron chi connectivity index (χ4n) is 1.79. The van der Waals surface area contributed by atoms with E-state index in [0.717, 1.165) is 28.0 Å². The fraction of sp³-hybridized carbons (Fsp3) is 0.286. The normalized spacial score (nSPS) is 10.6. The molecular formula is C14H15FIN3O. The Morgan fingerprint density at radius 3 is 2.65 bits per heavy atom. The predicted molar refractivity (Wildman–Crippen MR) is 85.3 cm³/mol. The van der Waals surface area contributed by atoms with E-state index in [-0.39, 0.29) is 5.75 Å². The van der Waals surface area contributed by atoms with Crippen LogP contribution in [-0.2, 0) is 6.42 Å². The lowest BCUT2D eigenvalue weighted by molar-refractivity contribution is 0.432. The number of halogens is 2. The molecule has 0 amide bonds. The highest BCUT2D eigenvalue weighted by atomic mass is 127. The number of benzene rings is 1. The van der Waals surface area contributed by atoms with Crippen LogP contribution in [0, 0.1) is 9.39 Å². The molecule has 0 unspecified atom stereocenters. The monoisotopic (exact) mass is 387 g/mol. The lowest BCUT2D eigenvalue weighted by Crippen LogP contribution is -2.07. The summed E-state index contributed by atoms with van der Waals surface area (Å²) < 4.78 is 14.4. The Balaban J connectivity index is 2.55. The summed E-state index contributed by atoms with van der Waals surface area (Å²) in [6, 6.07) is 4.16. The van der Waals surface area contributed by atoms with Crippen LogP contribution in [0.5, 0.6) is 5.75 Å². The number of rotatable bonds is 4. The van der Waals surface area contributed by atoms with E-state index in [2.05, 4.69) is 37.9 Å². The van der Waals surface area contributed by atoms with Gasteiger partial charge in [0.15, 0.2) is 17.4 Å². The van der Waals surface area contributed by atoms with E-state index in [4.69, 9.17) is 0 Å². The number of phenolic OH excluding ortho intramolecular Hbond substituents is 1. The van der Waals surface area contributed by atoms with E-state index in [1.165, 1.54) is 12.1 Å². The molecule has 0 aliphatic carbocycles. The Kier molecular flexibility index (Phi) is 4.74. The third-order valence-electron chi connectivity index (χ3n) is 2.80. The Labute approximate surface area is 130 Å². The van der Waals surface area contributed by atoms with Crippen LogP contribution in [-0.4, -0.2) is 21.6 Å². The predicted octanol–water partition coefficient (Wildman–Crippen LogP) is 3.59. The zero-order valence-electron chi connectivity index (χ0n) is 11.2. The van der Waals surface area contributed by atoms with Gasteiger partial charge in [-0.05, 0) is 54.1 Å². The molecule has 1 aromatic heterocycles. The molecule has 0 aliphatic rings. The Morgan fingerprint density at radius 1 is 1.30 bits per heavy atom. The summed E-state index contributed by atoms with van der Waals surface area (Å²) in [7, 11) is 0. The van der Waals surface area contributed by atoms with Gasteiger partial charge in [-0.2, -0.15) is 0 Å². The van der Waals surface area contributed by atoms with Crippen molar-refractivity contribution in [2.75, 3.05) is 11.9 Å². The molecule has 0 fully saturated rings. The minimum absolute atomic E-state index is 0.373. The first-order valence-corrected chi connectivity index (χ1v) is 7.43. The van der Waals surface area contributed by atoms with Crippen molar-refractivity contribution >= 4 is 28.4 Å². The summed E-state index contributed by atoms with van der Waals surface area (Å²) in [5.41, 5.74) is 1.46. The number of hydrogen-bond acceptors (Lipinski definition) is 4. The van der Waals surface area contributed by atoms with Crippen molar-refractivity contribution in [1.29, 1.82) is 0 Å². The van der Waals surface area contributed by atoms with Crippen molar-refractivity contribution in [3.8, 4) is 17.1 Å². The van der Waals surface area contributed by atoms with Gasteiger partial charge >= 0.3 is 0 Å². The number of nitrogens with one attached hydrogen (secondary N) is 1. The third kappa shape index (κ3) is 3.00. The van der Waals surface area contributed by atoms with Crippen molar-refractivity contribution < 1.29 is 9.50 Å². The summed E-state index contributed by atoms with van der Waals surface area (Å²) in [5, 5.41) is 12.4. The lowest BCUT2D eigenvalue weighted by atomic mass is 10.2. The molecule has 6 heteroatoms. The molecule has 2 aromatic rings. The number of aromatic hydroxyl groups is 1. The van der Waals surface area contributed by atoms with Crippen molar-refractivity contribution in [3.05, 3.63) is 33.3 Å². The zero-order valence-corrected chi connectivity index (χ0v) is 13.4. The average molecular weight is 387 g/mol. The summed E-state index contributed by atoms with van der Waals surface area (Å²) in [4.78, 5) is 8.90. The lowest BCUT2D eigenvalue weighted by Gasteiger charge is -2.11. The van der Waals surface area contributed by atoms with Crippen LogP contribution in [0.2, 0.25) is 0 Å². The second-order valence-corrected chi connectivity index (χ2v) is 5.29. The van der Waals surface area contributed by atoms with Gasteiger partial charge in [0.25, 0.3) is 0 Å². The number of anilines is 1. The molecule has 0 saturated carbocycles. The summed E-state index contributed by atoms with van der Waals surface area (Å²) in [6.07, 6.45) is 0.771. The van der Waals surface area contributed by atoms with E-state index in [1.807, 2.05) is 13.8 Å². The Morgan fingerprint density at radius 2 is 2.05 bits per heavy atom. The SMILES string of the molecule is CCNc1nc(-c2ccc(O)c(F)c2)nc(CC)c1I. The van der Waals surface area contributed by atoms with Crippen molar-refractivity contribution in [1.82, 2.24) is 9.97 Å². The molecule has 106 valence electrons. The molecule has 0 atom stereocenters. The largest absolute Gasteiger partial charge is 0.505 e. The highest BCUT2D eigenvalue weighted by Gasteiger charge is 2.13. The van der Waals surface area contributed by atoms with Crippen molar-refractivity contribution in [3.63, 3.8) is 0 Å². The molecule has 0 spiro atoms. The molecule has 1 heterocycles. The first-order valence-electron chi connectivity index (χ1n) is 6.36. The van der Waals surface area contributed by atoms with Crippen LogP contribution in [0.4, 0.5) is 10.2 Å². The number of nitrogens with zero attached hydrogens (tertiary/aromatic N) is 2. The number of hydrogen-bond donors (Lipinski definition) is 2. The quantitative estimate of drug-likeness (QED) is 0.788. The van der Waals surface area contributed by atoms with Gasteiger partial charge in [-0.15, -0.1) is 0 Å². The van der Waals surface area contributed by atoms with Crippen LogP contribution in [0.25, 0.3) is 11.4 Å². The standard InChI is InChI=1S/C14H15FIN3O/c1-3-10-12(16)14(17-4-2)19-13(18-10)8-5-6-11(20)9(15)7-8/h5-7,20H,3-4H2,1-2H3,(H,17,18,19). The van der Waals surface area contributed by atoms with E-state index in [1.54, 1.807) is 6.07 Å². The maximum absolute atomic E-state index is 13.5. The Bertz CT molecular complexity index is 634. The Hall–Kier alpha value is -1.44. The van der Waals surface area contributed by atoms with Gasteiger partial charge in [-0.25, -0.2) is 14.4 Å². The van der Waals surface area contributed by atoms with Gasteiger partial charge < -0.3 is 10.4 Å². The minimum Gasteiger partial charge on any atom is -0.505 e. The molecule has 4 nitrogen and oxygen atoms in total. The second-order valence-electron chi connectivity index (χ2n) is 4.21. The maximum Gasteiger partial charge on any atom is 0.165 e. The summed E-state index contributed by atoms with van der Waals surface area (Å²) >= 11 is 2.21. The van der Waals surface area contributed by atoms with Crippen LogP contribution < -0.4 is 5.32 Å². The average Bonchev–Trinajstić information content (AvgIpc) is 2.44. The second kappa shape index (κ2) is 6.34. The molecule has 2 N–H and O–H groups in total. The molecule has 1 aromatic carbocycles. The van der Waals surface area contributed by atoms with Gasteiger partial charge in [-0.1, -0.05) is 6.92 Å². The van der Waals surface area contributed by atoms with Crippen LogP contribution in [0.3, 0.4) is 0 Å². The van der Waals surface area contributed by atoms with Gasteiger partial charge in [0.05, 0.1) is 9.26 Å². The molecule has 0 aliphatic heterocycles. The van der Waals surface area contributed by atoms with Crippen LogP contribution >= 0.6 is 22.6 Å². The van der Waals surface area contributed by atoms with Crippen molar-refractivity contribution in [2.24, 2.45) is 0 Å². The first-order chi connectivity index (χ1) is 9.56. The van der Waals surface area contributed by atoms with Crippen molar-refractivity contribution in [2.45, 2.75) is 20.3 Å². The maximum atomic E-state index is 13.5. The molecule has 0 saturated heterocycles. The smallest absolute Gasteiger partial charge is 0.165 e. The van der Waals surface area contributed by atoms with E-state index in [0.29, 0.717) is 11.4 Å². The van der Waals surface area contributed by atoms with Crippen LogP contribution in [0.1, 0.15) is 19.5 Å². The molecule has 0 radical (unpaired) electrons. The number of aryl methyl sites for hydroxylation is 1. The number of aromatic nitrogens is 2. The van der Waals surface area contributed by atoms with E-state index in [9.17, 15) is 9.50 Å². The summed E-state index contributed by atoms with van der Waals surface area (Å²) in [6.45, 7) is 4.75. The van der Waals surface area contributed by atoms with Gasteiger partial charge in [-0.3, -0.25) is 0 Å². The first kappa shape index (κ1) is 15.0. The topological polar surface area (TPSA) is 58.0 Å². The molecule has 0 bridgehead atoms. The molecular weight excluding hydrogens is 372 g/mol. The van der Waals surface area contributed by atoms with Gasteiger partial charge in [0.1, 0.15) is 5.82 Å². The van der Waals surface area contributed by atoms with Gasteiger partial charge in [0, 0.05) is 12.1 Å².